The molecule has 0 unspecified atom stereocenters. The van der Waals surface area contributed by atoms with Crippen molar-refractivity contribution in [3.8, 4) is 84.4 Å². The number of aromatic hydroxyl groups is 3. The number of likely N-dealkylation sites (tertiary alicyclic amines) is 1. The molecule has 3 saturated heterocycles. The van der Waals surface area contributed by atoms with Gasteiger partial charge in [-0.05, 0) is 118 Å². The van der Waals surface area contributed by atoms with Crippen molar-refractivity contribution in [3.05, 3.63) is 110 Å². The smallest absolute Gasteiger partial charge is 0.216 e. The number of fused-ring (bicyclic) bond motifs is 3. The standard InChI is InChI=1S/C21H22FN7OS.C20H21N7OS.C18H17N7OS/c1-28-7-5-13(6-8-28)29(2)21-24-20-18(31-21)10-16(25-27-20)14-4-3-12(9-17(14)30)15-11-23-26-19(15)22;1-11-9-27(10-12(2)23-11)20-24-19-18(29-20)6-16(25-26-19)15-4-3-13(5-17(15)28)14-7-21-22-8-14;26-15-7-11(12-9-20-21-10-12)1-2-13(15)14-8-16-17(24-23-14)22-18(27-16)25-5-3-19-4-6-25/h3-4,9-11,13,30H,5-8H2,1-2H3,(H,23,26);3-8,11-12,23,28H,9-10H2,1-2H3,(H,21,22);1-2,7-10,19,26H,3-6H2,(H,20,21)/t;11-,12+;. The number of halogens is 1. The number of nitrogens with one attached hydrogen (secondary N) is 5. The Morgan fingerprint density at radius 3 is 1.51 bits per heavy atom. The van der Waals surface area contributed by atoms with Crippen LogP contribution >= 0.6 is 34.0 Å². The lowest BCUT2D eigenvalue weighted by atomic mass is 10.0. The zero-order valence-corrected chi connectivity index (χ0v) is 50.2. The number of benzene rings is 3. The molecule has 0 aliphatic carbocycles. The van der Waals surface area contributed by atoms with Crippen LogP contribution in [-0.2, 0) is 0 Å². The molecule has 0 bridgehead atoms. The fourth-order valence-corrected chi connectivity index (χ4v) is 13.9. The molecule has 24 nitrogen and oxygen atoms in total. The number of hydrogen-bond donors (Lipinski definition) is 8. The van der Waals surface area contributed by atoms with Crippen molar-refractivity contribution in [2.24, 2.45) is 0 Å². The summed E-state index contributed by atoms with van der Waals surface area (Å²) in [5.41, 5.74) is 9.94. The molecule has 3 aliphatic rings. The molecule has 2 atom stereocenters. The number of hydrogen-bond acceptors (Lipinski definition) is 24. The number of thiazole rings is 3. The van der Waals surface area contributed by atoms with Crippen LogP contribution in [0.25, 0.3) is 98.2 Å². The number of aromatic amines is 3. The Labute approximate surface area is 509 Å². The summed E-state index contributed by atoms with van der Waals surface area (Å²) in [6, 6.07) is 23.0. The molecule has 444 valence electrons. The maximum Gasteiger partial charge on any atom is 0.216 e. The molecule has 3 aromatic carbocycles. The molecule has 9 aromatic heterocycles. The van der Waals surface area contributed by atoms with Crippen LogP contribution in [0.3, 0.4) is 0 Å². The molecular formula is C59H60FN21O3S3. The van der Waals surface area contributed by atoms with E-state index in [0.717, 1.165) is 117 Å². The molecule has 28 heteroatoms. The number of aromatic nitrogens is 15. The monoisotopic (exact) mass is 1230 g/mol. The van der Waals surface area contributed by atoms with Crippen molar-refractivity contribution < 1.29 is 19.7 Å². The first kappa shape index (κ1) is 56.9. The van der Waals surface area contributed by atoms with E-state index in [4.69, 9.17) is 0 Å². The van der Waals surface area contributed by atoms with E-state index in [1.165, 1.54) is 12.3 Å². The third kappa shape index (κ3) is 12.3. The van der Waals surface area contributed by atoms with Gasteiger partial charge in [0.1, 0.15) is 17.2 Å². The molecule has 3 aliphatic heterocycles. The van der Waals surface area contributed by atoms with Gasteiger partial charge < -0.3 is 45.6 Å². The third-order valence-electron chi connectivity index (χ3n) is 15.6. The van der Waals surface area contributed by atoms with E-state index in [9.17, 15) is 19.7 Å². The van der Waals surface area contributed by atoms with Gasteiger partial charge in [0.25, 0.3) is 0 Å². The number of piperazine rings is 2. The van der Waals surface area contributed by atoms with E-state index < -0.39 is 5.95 Å². The van der Waals surface area contributed by atoms with Crippen LogP contribution in [0.4, 0.5) is 19.8 Å². The average Bonchev–Trinajstić information content (AvgIpc) is 2.21. The zero-order chi connectivity index (χ0) is 59.7. The first-order valence-corrected chi connectivity index (χ1v) is 30.8. The number of piperidine rings is 1. The summed E-state index contributed by atoms with van der Waals surface area (Å²) in [5, 5.41) is 86.4. The van der Waals surface area contributed by atoms with Crippen LogP contribution in [0.2, 0.25) is 0 Å². The second-order valence-electron chi connectivity index (χ2n) is 21.8. The Kier molecular flexibility index (Phi) is 16.1. The molecule has 0 spiro atoms. The highest BCUT2D eigenvalue weighted by molar-refractivity contribution is 7.22. The molecule has 12 heterocycles. The highest BCUT2D eigenvalue weighted by Crippen LogP contribution is 2.40. The summed E-state index contributed by atoms with van der Waals surface area (Å²) >= 11 is 4.80. The number of rotatable bonds is 10. The Morgan fingerprint density at radius 1 is 0.540 bits per heavy atom. The lowest BCUT2D eigenvalue weighted by molar-refractivity contribution is 0.253. The van der Waals surface area contributed by atoms with Gasteiger partial charge in [-0.15, -0.1) is 30.6 Å². The summed E-state index contributed by atoms with van der Waals surface area (Å²) in [4.78, 5) is 23.1. The van der Waals surface area contributed by atoms with E-state index >= 15 is 0 Å². The number of H-pyrrole nitrogens is 3. The normalized spacial score (nSPS) is 16.7. The lowest BCUT2D eigenvalue weighted by Crippen LogP contribution is -2.54. The Bertz CT molecular complexity index is 4340. The first-order valence-electron chi connectivity index (χ1n) is 28.3. The molecular weight excluding hydrogens is 1170 g/mol. The van der Waals surface area contributed by atoms with Gasteiger partial charge in [-0.25, -0.2) is 0 Å². The molecule has 0 radical (unpaired) electrons. The molecule has 3 fully saturated rings. The van der Waals surface area contributed by atoms with Crippen molar-refractivity contribution in [1.82, 2.24) is 91.7 Å². The minimum atomic E-state index is -0.542. The van der Waals surface area contributed by atoms with Crippen LogP contribution in [0.1, 0.15) is 26.7 Å². The largest absolute Gasteiger partial charge is 0.507 e. The lowest BCUT2D eigenvalue weighted by Gasteiger charge is -2.35. The van der Waals surface area contributed by atoms with Gasteiger partial charge in [0.05, 0.1) is 55.3 Å². The second kappa shape index (κ2) is 24.7. The van der Waals surface area contributed by atoms with Crippen LogP contribution < -0.4 is 25.3 Å². The minimum absolute atomic E-state index is 0.0000627. The van der Waals surface area contributed by atoms with Crippen molar-refractivity contribution in [2.75, 3.05) is 81.2 Å². The molecule has 12 aromatic rings. The topological polar surface area (TPSA) is 300 Å². The first-order chi connectivity index (χ1) is 42.3. The number of phenolic OH excluding ortho intramolecular Hbond substituents is 3. The van der Waals surface area contributed by atoms with Gasteiger partial charge in [-0.1, -0.05) is 52.2 Å². The third-order valence-corrected chi connectivity index (χ3v) is 18.8. The van der Waals surface area contributed by atoms with Crippen molar-refractivity contribution >= 4 is 80.4 Å². The van der Waals surface area contributed by atoms with Crippen molar-refractivity contribution in [1.29, 1.82) is 0 Å². The molecule has 8 N–H and O–H groups in total. The van der Waals surface area contributed by atoms with Gasteiger partial charge in [0.2, 0.25) is 5.95 Å². The van der Waals surface area contributed by atoms with Gasteiger partial charge in [-0.3, -0.25) is 15.3 Å². The van der Waals surface area contributed by atoms with Crippen molar-refractivity contribution in [3.63, 3.8) is 0 Å². The highest BCUT2D eigenvalue weighted by Gasteiger charge is 2.26. The second-order valence-corrected chi connectivity index (χ2v) is 24.8. The SMILES string of the molecule is CN1CCC(N(C)c2nc3nnc(-c4ccc(-c5cn[nH]c5F)cc4O)cc3s2)CC1.C[C@@H]1CN(c2nc3nnc(-c4ccc(-c5cn[nH]c5)cc4O)cc3s2)C[C@H](C)N1.Oc1cc(-c2cn[nH]c2)ccc1-c1cc2sc(N3CCNCC3)nc2nn1. The summed E-state index contributed by atoms with van der Waals surface area (Å²) in [6.07, 6.45) is 10.6. The fourth-order valence-electron chi connectivity index (χ4n) is 11.0. The number of phenols is 3. The zero-order valence-electron chi connectivity index (χ0n) is 47.7. The molecule has 0 saturated carbocycles. The van der Waals surface area contributed by atoms with Crippen LogP contribution in [0.5, 0.6) is 17.2 Å². The summed E-state index contributed by atoms with van der Waals surface area (Å²) in [6.45, 7) is 12.2. The van der Waals surface area contributed by atoms with Crippen molar-refractivity contribution in [2.45, 2.75) is 44.8 Å². The number of nitrogens with zero attached hydrogens (tertiary/aromatic N) is 16. The Hall–Kier alpha value is -9.19. The number of anilines is 3. The predicted molar refractivity (Wildman–Crippen MR) is 338 cm³/mol. The van der Waals surface area contributed by atoms with E-state index in [0.29, 0.717) is 80.0 Å². The summed E-state index contributed by atoms with van der Waals surface area (Å²) in [5.74, 6) is -0.222. The van der Waals surface area contributed by atoms with Gasteiger partial charge in [0.15, 0.2) is 32.3 Å². The van der Waals surface area contributed by atoms with Gasteiger partial charge >= 0.3 is 0 Å². The van der Waals surface area contributed by atoms with E-state index in [1.54, 1.807) is 83.1 Å². The Balaban J connectivity index is 0.000000121. The van der Waals surface area contributed by atoms with Crippen LogP contribution in [0.15, 0.2) is 104 Å². The average molecular weight is 1230 g/mol. The molecule has 87 heavy (non-hydrogen) atoms. The maximum absolute atomic E-state index is 13.8. The van der Waals surface area contributed by atoms with E-state index in [2.05, 4.69) is 134 Å². The minimum Gasteiger partial charge on any atom is -0.507 e. The Morgan fingerprint density at radius 2 is 1.02 bits per heavy atom. The molecule has 0 amide bonds. The summed E-state index contributed by atoms with van der Waals surface area (Å²) in [7, 11) is 4.24. The van der Waals surface area contributed by atoms with Gasteiger partial charge in [-0.2, -0.15) is 34.6 Å². The predicted octanol–water partition coefficient (Wildman–Crippen LogP) is 8.81. The highest BCUT2D eigenvalue weighted by atomic mass is 32.1. The van der Waals surface area contributed by atoms with E-state index in [-0.39, 0.29) is 17.2 Å². The van der Waals surface area contributed by atoms with E-state index in [1.807, 2.05) is 42.5 Å². The van der Waals surface area contributed by atoms with Gasteiger partial charge in [0, 0.05) is 105 Å². The fraction of sp³-hybridized carbons (Fsp3) is 0.288. The van der Waals surface area contributed by atoms with Crippen LogP contribution in [0, 0.1) is 5.95 Å². The quantitative estimate of drug-likeness (QED) is 0.0634. The van der Waals surface area contributed by atoms with Crippen LogP contribution in [-0.4, -0.2) is 181 Å². The summed E-state index contributed by atoms with van der Waals surface area (Å²) < 4.78 is 16.6. The molecule has 15 rings (SSSR count). The maximum atomic E-state index is 13.8.